The van der Waals surface area contributed by atoms with Crippen LogP contribution >= 0.6 is 23.2 Å². The topological polar surface area (TPSA) is 58.6 Å². The van der Waals surface area contributed by atoms with Gasteiger partial charge in [-0.15, -0.1) is 0 Å². The van der Waals surface area contributed by atoms with Gasteiger partial charge in [0.25, 0.3) is 0 Å². The van der Waals surface area contributed by atoms with Crippen LogP contribution < -0.4 is 5.32 Å². The van der Waals surface area contributed by atoms with Crippen LogP contribution in [0.5, 0.6) is 0 Å². The Morgan fingerprint density at radius 2 is 2.00 bits per heavy atom. The highest BCUT2D eigenvalue weighted by Gasteiger charge is 2.27. The third kappa shape index (κ3) is 5.28. The van der Waals surface area contributed by atoms with Gasteiger partial charge in [-0.25, -0.2) is 4.79 Å². The zero-order valence-electron chi connectivity index (χ0n) is 13.7. The first-order valence-electron chi connectivity index (χ1n) is 8.14. The summed E-state index contributed by atoms with van der Waals surface area (Å²) in [7, 11) is 0. The predicted molar refractivity (Wildman–Crippen MR) is 94.5 cm³/mol. The van der Waals surface area contributed by atoms with Crippen LogP contribution in [0.2, 0.25) is 10.0 Å². The quantitative estimate of drug-likeness (QED) is 0.859. The fourth-order valence-electron chi connectivity index (χ4n) is 2.73. The smallest absolute Gasteiger partial charge is 0.409 e. The molecule has 0 bridgehead atoms. The molecule has 1 aromatic carbocycles. The number of rotatable bonds is 5. The van der Waals surface area contributed by atoms with Crippen molar-refractivity contribution in [2.45, 2.75) is 26.2 Å². The van der Waals surface area contributed by atoms with Crippen molar-refractivity contribution < 1.29 is 14.3 Å². The summed E-state index contributed by atoms with van der Waals surface area (Å²) in [6.07, 6.45) is 1.68. The van der Waals surface area contributed by atoms with Gasteiger partial charge in [-0.3, -0.25) is 4.79 Å². The maximum Gasteiger partial charge on any atom is 0.409 e. The van der Waals surface area contributed by atoms with Crippen LogP contribution in [-0.4, -0.2) is 43.1 Å². The van der Waals surface area contributed by atoms with E-state index in [0.29, 0.717) is 55.5 Å². The molecule has 0 radical (unpaired) electrons. The molecule has 2 amide bonds. The molecule has 1 fully saturated rings. The van der Waals surface area contributed by atoms with Crippen molar-refractivity contribution in [2.24, 2.45) is 5.92 Å². The van der Waals surface area contributed by atoms with Gasteiger partial charge in [0.2, 0.25) is 5.91 Å². The van der Waals surface area contributed by atoms with E-state index in [9.17, 15) is 9.59 Å². The van der Waals surface area contributed by atoms with Gasteiger partial charge < -0.3 is 15.0 Å². The zero-order valence-corrected chi connectivity index (χ0v) is 15.2. The first-order chi connectivity index (χ1) is 11.5. The molecule has 1 aromatic rings. The molecule has 2 rings (SSSR count). The van der Waals surface area contributed by atoms with Crippen molar-refractivity contribution in [3.63, 3.8) is 0 Å². The highest BCUT2D eigenvalue weighted by atomic mass is 35.5. The second-order valence-electron chi connectivity index (χ2n) is 5.74. The number of carbonyl (C=O) groups is 2. The number of nitrogens with one attached hydrogen (secondary N) is 1. The number of nitrogens with zero attached hydrogens (tertiary/aromatic N) is 1. The summed E-state index contributed by atoms with van der Waals surface area (Å²) < 4.78 is 4.98. The monoisotopic (exact) mass is 372 g/mol. The Balaban J connectivity index is 1.73. The van der Waals surface area contributed by atoms with E-state index < -0.39 is 0 Å². The number of hydrogen-bond donors (Lipinski definition) is 1. The molecule has 24 heavy (non-hydrogen) atoms. The van der Waals surface area contributed by atoms with E-state index in [1.54, 1.807) is 24.0 Å². The molecule has 5 nitrogen and oxygen atoms in total. The Hall–Kier alpha value is -1.46. The number of benzene rings is 1. The lowest BCUT2D eigenvalue weighted by atomic mass is 9.96. The highest BCUT2D eigenvalue weighted by Crippen LogP contribution is 2.21. The van der Waals surface area contributed by atoms with Crippen LogP contribution in [0.15, 0.2) is 18.2 Å². The summed E-state index contributed by atoms with van der Waals surface area (Å²) in [4.78, 5) is 25.5. The lowest BCUT2D eigenvalue weighted by molar-refractivity contribution is -0.126. The largest absolute Gasteiger partial charge is 0.450 e. The molecule has 1 heterocycles. The molecule has 0 spiro atoms. The summed E-state index contributed by atoms with van der Waals surface area (Å²) in [5, 5.41) is 4.16. The number of amides is 2. The van der Waals surface area contributed by atoms with Crippen molar-refractivity contribution in [2.75, 3.05) is 26.2 Å². The Morgan fingerprint density at radius 3 is 2.62 bits per heavy atom. The molecule has 1 aliphatic heterocycles. The molecule has 132 valence electrons. The third-order valence-corrected chi connectivity index (χ3v) is 4.69. The van der Waals surface area contributed by atoms with Crippen molar-refractivity contribution in [3.05, 3.63) is 33.8 Å². The Kier molecular flexibility index (Phi) is 7.18. The molecule has 1 N–H and O–H groups in total. The molecular formula is C17H22Cl2N2O3. The highest BCUT2D eigenvalue weighted by molar-refractivity contribution is 6.35. The lowest BCUT2D eigenvalue weighted by Crippen LogP contribution is -2.43. The molecule has 0 saturated carbocycles. The van der Waals surface area contributed by atoms with Crippen molar-refractivity contribution in [3.8, 4) is 0 Å². The minimum atomic E-state index is -0.297. The van der Waals surface area contributed by atoms with E-state index >= 15 is 0 Å². The number of ether oxygens (including phenoxy) is 1. The van der Waals surface area contributed by atoms with Crippen LogP contribution in [0.4, 0.5) is 4.79 Å². The molecule has 0 unspecified atom stereocenters. The second kappa shape index (κ2) is 9.14. The van der Waals surface area contributed by atoms with E-state index in [0.717, 1.165) is 5.56 Å². The van der Waals surface area contributed by atoms with Gasteiger partial charge >= 0.3 is 6.09 Å². The minimum absolute atomic E-state index is 0.0311. The van der Waals surface area contributed by atoms with Gasteiger partial charge in [0.05, 0.1) is 6.61 Å². The Morgan fingerprint density at radius 1 is 1.29 bits per heavy atom. The van der Waals surface area contributed by atoms with Crippen LogP contribution in [0.1, 0.15) is 25.3 Å². The minimum Gasteiger partial charge on any atom is -0.450 e. The summed E-state index contributed by atoms with van der Waals surface area (Å²) in [5.41, 5.74) is 0.957. The summed E-state index contributed by atoms with van der Waals surface area (Å²) in [6.45, 7) is 3.79. The maximum absolute atomic E-state index is 12.2. The Labute approximate surface area is 152 Å². The summed E-state index contributed by atoms with van der Waals surface area (Å²) in [5.74, 6) is -0.0278. The van der Waals surface area contributed by atoms with Gasteiger partial charge in [-0.05, 0) is 43.9 Å². The molecule has 0 atom stereocenters. The maximum atomic E-state index is 12.2. The normalized spacial score (nSPS) is 15.2. The number of carbonyl (C=O) groups excluding carboxylic acids is 2. The Bertz CT molecular complexity index is 587. The number of piperidine rings is 1. The van der Waals surface area contributed by atoms with E-state index in [2.05, 4.69) is 5.32 Å². The fraction of sp³-hybridized carbons (Fsp3) is 0.529. The number of halogens is 2. The average Bonchev–Trinajstić information content (AvgIpc) is 2.57. The van der Waals surface area contributed by atoms with E-state index in [4.69, 9.17) is 27.9 Å². The first kappa shape index (κ1) is 18.9. The van der Waals surface area contributed by atoms with E-state index in [1.165, 1.54) is 0 Å². The molecule has 0 aliphatic carbocycles. The molecule has 1 aliphatic rings. The lowest BCUT2D eigenvalue weighted by Gasteiger charge is -2.30. The molecule has 7 heteroatoms. The van der Waals surface area contributed by atoms with Gasteiger partial charge in [0.15, 0.2) is 0 Å². The van der Waals surface area contributed by atoms with E-state index in [-0.39, 0.29) is 17.9 Å². The van der Waals surface area contributed by atoms with E-state index in [1.807, 2.05) is 6.07 Å². The van der Waals surface area contributed by atoms with Gasteiger partial charge in [0, 0.05) is 35.6 Å². The van der Waals surface area contributed by atoms with Crippen LogP contribution in [0.3, 0.4) is 0 Å². The van der Waals surface area contributed by atoms with Gasteiger partial charge in [-0.1, -0.05) is 29.3 Å². The zero-order chi connectivity index (χ0) is 17.5. The summed E-state index contributed by atoms with van der Waals surface area (Å²) >= 11 is 12.0. The van der Waals surface area contributed by atoms with Crippen molar-refractivity contribution >= 4 is 35.2 Å². The summed E-state index contributed by atoms with van der Waals surface area (Å²) in [6, 6.07) is 5.36. The first-order valence-corrected chi connectivity index (χ1v) is 8.90. The number of hydrogen-bond acceptors (Lipinski definition) is 3. The fourth-order valence-corrected chi connectivity index (χ4v) is 3.23. The third-order valence-electron chi connectivity index (χ3n) is 4.10. The second-order valence-corrected chi connectivity index (χ2v) is 6.58. The van der Waals surface area contributed by atoms with Gasteiger partial charge in [-0.2, -0.15) is 0 Å². The van der Waals surface area contributed by atoms with Crippen molar-refractivity contribution in [1.82, 2.24) is 10.2 Å². The SMILES string of the molecule is CCOC(=O)N1CCC(C(=O)NCCc2ccc(Cl)cc2Cl)CC1. The molecule has 1 saturated heterocycles. The van der Waals surface area contributed by atoms with Crippen molar-refractivity contribution in [1.29, 1.82) is 0 Å². The van der Waals surface area contributed by atoms with Crippen LogP contribution in [0, 0.1) is 5.92 Å². The van der Waals surface area contributed by atoms with Crippen LogP contribution in [-0.2, 0) is 16.0 Å². The molecular weight excluding hydrogens is 351 g/mol. The molecule has 0 aromatic heterocycles. The average molecular weight is 373 g/mol. The standard InChI is InChI=1S/C17H22Cl2N2O3/c1-2-24-17(23)21-9-6-13(7-10-21)16(22)20-8-5-12-3-4-14(18)11-15(12)19/h3-4,11,13H,2,5-10H2,1H3,(H,20,22). The van der Waals surface area contributed by atoms with Gasteiger partial charge in [0.1, 0.15) is 0 Å². The number of likely N-dealkylation sites (tertiary alicyclic amines) is 1. The van der Waals surface area contributed by atoms with Crippen LogP contribution in [0.25, 0.3) is 0 Å². The predicted octanol–water partition coefficient (Wildman–Crippen LogP) is 3.52.